The Balaban J connectivity index is 2.48. The Morgan fingerprint density at radius 2 is 2.11 bits per heavy atom. The predicted octanol–water partition coefficient (Wildman–Crippen LogP) is 3.76. The molecular formula is C15H22N2S. The summed E-state index contributed by atoms with van der Waals surface area (Å²) in [7, 11) is 0. The van der Waals surface area contributed by atoms with E-state index in [0.29, 0.717) is 11.8 Å². The molecule has 0 saturated heterocycles. The Hall–Kier alpha value is -0.930. The SMILES string of the molecule is CCn1c(CSC(C)C)cc2cccc(CN)c21. The van der Waals surface area contributed by atoms with E-state index in [1.54, 1.807) is 0 Å². The van der Waals surface area contributed by atoms with Crippen molar-refractivity contribution in [3.63, 3.8) is 0 Å². The van der Waals surface area contributed by atoms with Crippen LogP contribution in [0, 0.1) is 0 Å². The highest BCUT2D eigenvalue weighted by molar-refractivity contribution is 7.99. The molecule has 0 saturated carbocycles. The number of aryl methyl sites for hydroxylation is 1. The summed E-state index contributed by atoms with van der Waals surface area (Å²) in [5, 5.41) is 1.99. The van der Waals surface area contributed by atoms with Crippen LogP contribution in [0.25, 0.3) is 10.9 Å². The lowest BCUT2D eigenvalue weighted by molar-refractivity contribution is 0.761. The van der Waals surface area contributed by atoms with Gasteiger partial charge in [0.15, 0.2) is 0 Å². The molecule has 1 aromatic heterocycles. The maximum atomic E-state index is 5.85. The van der Waals surface area contributed by atoms with E-state index in [-0.39, 0.29) is 0 Å². The van der Waals surface area contributed by atoms with E-state index in [1.165, 1.54) is 22.2 Å². The number of nitrogens with zero attached hydrogens (tertiary/aromatic N) is 1. The van der Waals surface area contributed by atoms with Crippen molar-refractivity contribution in [1.82, 2.24) is 4.57 Å². The van der Waals surface area contributed by atoms with Crippen LogP contribution >= 0.6 is 11.8 Å². The lowest BCUT2D eigenvalue weighted by Gasteiger charge is -2.11. The smallest absolute Gasteiger partial charge is 0.0528 e. The monoisotopic (exact) mass is 262 g/mol. The summed E-state index contributed by atoms with van der Waals surface area (Å²) < 4.78 is 2.41. The van der Waals surface area contributed by atoms with Gasteiger partial charge in [-0.25, -0.2) is 0 Å². The third-order valence-electron chi connectivity index (χ3n) is 3.19. The van der Waals surface area contributed by atoms with Crippen LogP contribution in [0.2, 0.25) is 0 Å². The first kappa shape index (κ1) is 13.5. The van der Waals surface area contributed by atoms with E-state index in [2.05, 4.69) is 49.6 Å². The normalized spacial score (nSPS) is 11.6. The molecule has 0 spiro atoms. The van der Waals surface area contributed by atoms with Gasteiger partial charge in [-0.2, -0.15) is 11.8 Å². The van der Waals surface area contributed by atoms with Crippen LogP contribution in [-0.4, -0.2) is 9.82 Å². The van der Waals surface area contributed by atoms with Crippen LogP contribution in [0.5, 0.6) is 0 Å². The molecule has 1 heterocycles. The van der Waals surface area contributed by atoms with Crippen molar-refractivity contribution in [2.75, 3.05) is 0 Å². The summed E-state index contributed by atoms with van der Waals surface area (Å²) in [6.45, 7) is 8.31. The zero-order valence-electron chi connectivity index (χ0n) is 11.4. The largest absolute Gasteiger partial charge is 0.344 e. The molecule has 0 unspecified atom stereocenters. The van der Waals surface area contributed by atoms with Crippen LogP contribution < -0.4 is 5.73 Å². The fourth-order valence-electron chi connectivity index (χ4n) is 2.36. The Kier molecular flexibility index (Phi) is 4.36. The van der Waals surface area contributed by atoms with Gasteiger partial charge >= 0.3 is 0 Å². The summed E-state index contributed by atoms with van der Waals surface area (Å²) in [5.74, 6) is 1.07. The van der Waals surface area contributed by atoms with E-state index in [1.807, 2.05) is 11.8 Å². The van der Waals surface area contributed by atoms with Gasteiger partial charge in [0.25, 0.3) is 0 Å². The number of hydrogen-bond acceptors (Lipinski definition) is 2. The van der Waals surface area contributed by atoms with Crippen LogP contribution in [0.1, 0.15) is 32.0 Å². The Bertz CT molecular complexity index is 529. The van der Waals surface area contributed by atoms with E-state index in [4.69, 9.17) is 5.73 Å². The average Bonchev–Trinajstić information content (AvgIpc) is 2.73. The second-order valence-corrected chi connectivity index (χ2v) is 6.36. The van der Waals surface area contributed by atoms with Crippen molar-refractivity contribution >= 4 is 22.7 Å². The number of benzene rings is 1. The standard InChI is InChI=1S/C15H22N2S/c1-4-17-14(10-18-11(2)3)8-12-6-5-7-13(9-16)15(12)17/h5-8,11H,4,9-10,16H2,1-3H3. The zero-order chi connectivity index (χ0) is 13.1. The van der Waals surface area contributed by atoms with Crippen LogP contribution in [0.3, 0.4) is 0 Å². The highest BCUT2D eigenvalue weighted by Gasteiger charge is 2.10. The molecule has 2 rings (SSSR count). The fraction of sp³-hybridized carbons (Fsp3) is 0.467. The summed E-state index contributed by atoms with van der Waals surface area (Å²) in [6, 6.07) is 8.73. The molecule has 0 aliphatic carbocycles. The highest BCUT2D eigenvalue weighted by Crippen LogP contribution is 2.27. The van der Waals surface area contributed by atoms with Crippen molar-refractivity contribution < 1.29 is 0 Å². The Labute approximate surface area is 114 Å². The van der Waals surface area contributed by atoms with Crippen molar-refractivity contribution in [3.8, 4) is 0 Å². The molecule has 2 N–H and O–H groups in total. The number of para-hydroxylation sites is 1. The first-order chi connectivity index (χ1) is 8.67. The first-order valence-electron chi connectivity index (χ1n) is 6.59. The number of nitrogens with two attached hydrogens (primary N) is 1. The second-order valence-electron chi connectivity index (χ2n) is 4.80. The molecule has 3 heteroatoms. The van der Waals surface area contributed by atoms with Gasteiger partial charge in [0.05, 0.1) is 5.52 Å². The molecule has 18 heavy (non-hydrogen) atoms. The third kappa shape index (κ3) is 2.57. The molecule has 1 aromatic carbocycles. The summed E-state index contributed by atoms with van der Waals surface area (Å²) in [6.07, 6.45) is 0. The van der Waals surface area contributed by atoms with E-state index in [9.17, 15) is 0 Å². The summed E-state index contributed by atoms with van der Waals surface area (Å²) in [5.41, 5.74) is 9.83. The number of aromatic nitrogens is 1. The Morgan fingerprint density at radius 1 is 1.33 bits per heavy atom. The molecule has 0 atom stereocenters. The van der Waals surface area contributed by atoms with E-state index in [0.717, 1.165) is 12.3 Å². The van der Waals surface area contributed by atoms with Crippen LogP contribution in [0.15, 0.2) is 24.3 Å². The minimum Gasteiger partial charge on any atom is -0.344 e. The summed E-state index contributed by atoms with van der Waals surface area (Å²) in [4.78, 5) is 0. The van der Waals surface area contributed by atoms with Crippen molar-refractivity contribution in [3.05, 3.63) is 35.5 Å². The van der Waals surface area contributed by atoms with Gasteiger partial charge in [0, 0.05) is 29.9 Å². The van der Waals surface area contributed by atoms with Gasteiger partial charge in [0.2, 0.25) is 0 Å². The maximum absolute atomic E-state index is 5.85. The molecule has 0 radical (unpaired) electrons. The predicted molar refractivity (Wildman–Crippen MR) is 81.9 cm³/mol. The molecule has 2 aromatic rings. The molecule has 0 aliphatic heterocycles. The van der Waals surface area contributed by atoms with Crippen LogP contribution in [-0.2, 0) is 18.8 Å². The van der Waals surface area contributed by atoms with Crippen molar-refractivity contribution in [1.29, 1.82) is 0 Å². The van der Waals surface area contributed by atoms with Gasteiger partial charge < -0.3 is 10.3 Å². The molecule has 2 nitrogen and oxygen atoms in total. The minimum atomic E-state index is 0.609. The van der Waals surface area contributed by atoms with E-state index >= 15 is 0 Å². The number of thioether (sulfide) groups is 1. The Morgan fingerprint density at radius 3 is 2.72 bits per heavy atom. The quantitative estimate of drug-likeness (QED) is 0.889. The van der Waals surface area contributed by atoms with Gasteiger partial charge in [0.1, 0.15) is 0 Å². The minimum absolute atomic E-state index is 0.609. The van der Waals surface area contributed by atoms with Gasteiger partial charge in [-0.3, -0.25) is 0 Å². The highest BCUT2D eigenvalue weighted by atomic mass is 32.2. The number of rotatable bonds is 5. The molecule has 98 valence electrons. The van der Waals surface area contributed by atoms with Crippen molar-refractivity contribution in [2.45, 2.75) is 44.9 Å². The number of hydrogen-bond donors (Lipinski definition) is 1. The molecule has 0 fully saturated rings. The van der Waals surface area contributed by atoms with Crippen molar-refractivity contribution in [2.24, 2.45) is 5.73 Å². The molecular weight excluding hydrogens is 240 g/mol. The summed E-state index contributed by atoms with van der Waals surface area (Å²) >= 11 is 1.99. The first-order valence-corrected chi connectivity index (χ1v) is 7.64. The van der Waals surface area contributed by atoms with E-state index < -0.39 is 0 Å². The zero-order valence-corrected chi connectivity index (χ0v) is 12.3. The third-order valence-corrected chi connectivity index (χ3v) is 4.32. The lowest BCUT2D eigenvalue weighted by atomic mass is 10.1. The van der Waals surface area contributed by atoms with Gasteiger partial charge in [-0.05, 0) is 23.8 Å². The molecule has 0 aliphatic rings. The van der Waals surface area contributed by atoms with Gasteiger partial charge in [-0.15, -0.1) is 0 Å². The topological polar surface area (TPSA) is 30.9 Å². The average molecular weight is 262 g/mol. The fourth-order valence-corrected chi connectivity index (χ4v) is 3.10. The second kappa shape index (κ2) is 5.81. The number of fused-ring (bicyclic) bond motifs is 1. The lowest BCUT2D eigenvalue weighted by Crippen LogP contribution is -2.04. The van der Waals surface area contributed by atoms with Gasteiger partial charge in [-0.1, -0.05) is 32.0 Å². The molecule has 0 amide bonds. The molecule has 0 bridgehead atoms. The maximum Gasteiger partial charge on any atom is 0.0528 e. The van der Waals surface area contributed by atoms with Crippen LogP contribution in [0.4, 0.5) is 0 Å².